The summed E-state index contributed by atoms with van der Waals surface area (Å²) in [6, 6.07) is 0. The van der Waals surface area contributed by atoms with Crippen molar-refractivity contribution in [3.05, 3.63) is 0 Å². The number of rotatable bonds is 0. The van der Waals surface area contributed by atoms with Crippen molar-refractivity contribution >= 4 is 29.8 Å². The highest BCUT2D eigenvalue weighted by molar-refractivity contribution is 7.90. The van der Waals surface area contributed by atoms with Crippen LogP contribution in [-0.4, -0.2) is 0 Å². The second kappa shape index (κ2) is 16.7. The van der Waals surface area contributed by atoms with Gasteiger partial charge in [-0.1, -0.05) is 42.7 Å². The summed E-state index contributed by atoms with van der Waals surface area (Å²) in [6.45, 7) is 4.25. The van der Waals surface area contributed by atoms with Crippen LogP contribution in [0.4, 0.5) is 0 Å². The molecule has 0 heterocycles. The zero-order chi connectivity index (χ0) is 5.41. The van der Waals surface area contributed by atoms with E-state index in [-0.39, 0.29) is 7.29 Å². The minimum atomic E-state index is 0.0278. The molecule has 0 saturated carbocycles. The average Bonchev–Trinajstić information content (AvgIpc) is 1.39. The Bertz CT molecular complexity index is 10.8. The molecule has 0 aliphatic heterocycles. The largest absolute Gasteiger partial charge is 0.0818 e. The molecular weight excluding hydrogens is 138 g/mol. The van der Waals surface area contributed by atoms with E-state index in [2.05, 4.69) is 13.8 Å². The maximum absolute atomic E-state index is 4.79. The van der Waals surface area contributed by atoms with Gasteiger partial charge in [-0.25, -0.2) is 0 Å². The second-order valence-electron chi connectivity index (χ2n) is 0.779. The van der Waals surface area contributed by atoms with Crippen molar-refractivity contribution in [3.8, 4) is 0 Å². The van der Waals surface area contributed by atoms with Gasteiger partial charge >= 0.3 is 0 Å². The second-order valence-corrected chi connectivity index (χ2v) is 2.64. The topological polar surface area (TPSA) is 0 Å². The van der Waals surface area contributed by atoms with E-state index in [9.17, 15) is 0 Å². The van der Waals surface area contributed by atoms with Crippen molar-refractivity contribution < 1.29 is 0 Å². The van der Waals surface area contributed by atoms with Gasteiger partial charge in [0, 0.05) is 0 Å². The standard InChI is InChI=1S/C3H8.Cl2HP/c2*1-3-2/h3H2,1-2H3;3H. The van der Waals surface area contributed by atoms with Gasteiger partial charge in [0.15, 0.2) is 0 Å². The molecule has 40 valence electrons. The van der Waals surface area contributed by atoms with Gasteiger partial charge < -0.3 is 0 Å². The molecule has 0 aliphatic carbocycles. The van der Waals surface area contributed by atoms with Gasteiger partial charge in [0.2, 0.25) is 0 Å². The molecule has 0 unspecified atom stereocenters. The van der Waals surface area contributed by atoms with Crippen molar-refractivity contribution in [2.45, 2.75) is 20.3 Å². The maximum Gasteiger partial charge on any atom is 0.0713 e. The van der Waals surface area contributed by atoms with Gasteiger partial charge in [0.1, 0.15) is 0 Å². The molecule has 0 rings (SSSR count). The van der Waals surface area contributed by atoms with E-state index in [1.807, 2.05) is 0 Å². The number of hydrogen-bond acceptors (Lipinski definition) is 0. The molecule has 0 aliphatic rings. The summed E-state index contributed by atoms with van der Waals surface area (Å²) in [6.07, 6.45) is 1.25. The Hall–Kier alpha value is 1.01. The van der Waals surface area contributed by atoms with Crippen LogP contribution in [0.5, 0.6) is 0 Å². The minimum Gasteiger partial charge on any atom is -0.0818 e. The lowest BCUT2D eigenvalue weighted by Crippen LogP contribution is -1.27. The normalized spacial score (nSPS) is 6.00. The Labute approximate surface area is 50.6 Å². The highest BCUT2D eigenvalue weighted by Gasteiger charge is 1.41. The first-order valence-corrected chi connectivity index (χ1v) is 4.82. The van der Waals surface area contributed by atoms with Crippen molar-refractivity contribution in [2.75, 3.05) is 0 Å². The molecule has 0 aromatic carbocycles. The third kappa shape index (κ3) is 79.0. The Morgan fingerprint density at radius 2 is 1.33 bits per heavy atom. The molecule has 0 nitrogen and oxygen atoms in total. The van der Waals surface area contributed by atoms with Crippen LogP contribution in [0.1, 0.15) is 20.3 Å². The molecule has 0 atom stereocenters. The first-order valence-electron chi connectivity index (χ1n) is 1.79. The first-order chi connectivity index (χ1) is 2.83. The summed E-state index contributed by atoms with van der Waals surface area (Å²) in [5.41, 5.74) is 0. The molecule has 0 aromatic heterocycles. The highest BCUT2D eigenvalue weighted by atomic mass is 35.9. The highest BCUT2D eigenvalue weighted by Crippen LogP contribution is 2.19. The summed E-state index contributed by atoms with van der Waals surface area (Å²) in [4.78, 5) is 0. The molecule has 0 amide bonds. The van der Waals surface area contributed by atoms with Crippen LogP contribution in [0.3, 0.4) is 0 Å². The molecular formula is C3H9Cl2P. The van der Waals surface area contributed by atoms with Gasteiger partial charge in [-0.2, -0.15) is 0 Å². The molecule has 3 heteroatoms. The fourth-order valence-electron chi connectivity index (χ4n) is 0. The zero-order valence-electron chi connectivity index (χ0n) is 3.96. The van der Waals surface area contributed by atoms with E-state index in [1.165, 1.54) is 6.42 Å². The summed E-state index contributed by atoms with van der Waals surface area (Å²) >= 11 is 9.58. The first kappa shape index (κ1) is 10.1. The van der Waals surface area contributed by atoms with Gasteiger partial charge in [0.05, 0.1) is 7.29 Å². The third-order valence-corrected chi connectivity index (χ3v) is 0. The summed E-state index contributed by atoms with van der Waals surface area (Å²) < 4.78 is 0. The summed E-state index contributed by atoms with van der Waals surface area (Å²) in [5.74, 6) is 0. The molecule has 0 fully saturated rings. The lowest BCUT2D eigenvalue weighted by molar-refractivity contribution is 1.09. The van der Waals surface area contributed by atoms with E-state index in [4.69, 9.17) is 22.5 Å². The molecule has 0 radical (unpaired) electrons. The predicted octanol–water partition coefficient (Wildman–Crippen LogP) is 3.39. The fourth-order valence-corrected chi connectivity index (χ4v) is 0. The Kier molecular flexibility index (Phi) is 28.0. The minimum absolute atomic E-state index is 0.0278. The van der Waals surface area contributed by atoms with Crippen LogP contribution in [0.15, 0.2) is 0 Å². The van der Waals surface area contributed by atoms with Crippen molar-refractivity contribution in [2.24, 2.45) is 0 Å². The van der Waals surface area contributed by atoms with Gasteiger partial charge in [-0.3, -0.25) is 0 Å². The molecule has 0 bridgehead atoms. The molecule has 0 saturated heterocycles. The number of halogens is 2. The quantitative estimate of drug-likeness (QED) is 0.460. The molecule has 0 aromatic rings. The Balaban J connectivity index is 0. The van der Waals surface area contributed by atoms with Crippen LogP contribution in [0.25, 0.3) is 0 Å². The molecule has 6 heavy (non-hydrogen) atoms. The summed E-state index contributed by atoms with van der Waals surface area (Å²) in [7, 11) is 0.0278. The van der Waals surface area contributed by atoms with E-state index < -0.39 is 0 Å². The number of hydrogen-bond donors (Lipinski definition) is 0. The zero-order valence-corrected chi connectivity index (χ0v) is 6.47. The van der Waals surface area contributed by atoms with Gasteiger partial charge in [-0.15, -0.1) is 0 Å². The van der Waals surface area contributed by atoms with E-state index in [0.717, 1.165) is 0 Å². The maximum atomic E-state index is 4.79. The monoisotopic (exact) mass is 146 g/mol. The van der Waals surface area contributed by atoms with Gasteiger partial charge in [-0.05, 0) is 0 Å². The van der Waals surface area contributed by atoms with E-state index in [0.29, 0.717) is 0 Å². The van der Waals surface area contributed by atoms with Gasteiger partial charge in [0.25, 0.3) is 0 Å². The summed E-state index contributed by atoms with van der Waals surface area (Å²) in [5, 5.41) is 0. The van der Waals surface area contributed by atoms with Crippen LogP contribution in [0, 0.1) is 0 Å². The van der Waals surface area contributed by atoms with Crippen LogP contribution >= 0.6 is 29.8 Å². The lowest BCUT2D eigenvalue weighted by atomic mass is 10.6. The SMILES string of the molecule is CCC.ClPCl. The average molecular weight is 147 g/mol. The van der Waals surface area contributed by atoms with E-state index in [1.54, 1.807) is 0 Å². The van der Waals surface area contributed by atoms with Crippen molar-refractivity contribution in [3.63, 3.8) is 0 Å². The lowest BCUT2D eigenvalue weighted by Gasteiger charge is -1.48. The Morgan fingerprint density at radius 1 is 1.33 bits per heavy atom. The Morgan fingerprint density at radius 3 is 1.33 bits per heavy atom. The van der Waals surface area contributed by atoms with Crippen molar-refractivity contribution in [1.82, 2.24) is 0 Å². The molecule has 0 N–H and O–H groups in total. The molecule has 0 spiro atoms. The van der Waals surface area contributed by atoms with Crippen LogP contribution in [-0.2, 0) is 0 Å². The van der Waals surface area contributed by atoms with E-state index >= 15 is 0 Å². The van der Waals surface area contributed by atoms with Crippen molar-refractivity contribution in [1.29, 1.82) is 0 Å². The van der Waals surface area contributed by atoms with Crippen LogP contribution in [0.2, 0.25) is 0 Å². The third-order valence-electron chi connectivity index (χ3n) is 0. The predicted molar refractivity (Wildman–Crippen MR) is 36.0 cm³/mol. The fraction of sp³-hybridized carbons (Fsp3) is 1.00. The smallest absolute Gasteiger partial charge is 0.0713 e. The van der Waals surface area contributed by atoms with Crippen LogP contribution < -0.4 is 0 Å².